The molecule has 1 aliphatic rings. The molecule has 37 heavy (non-hydrogen) atoms. The number of sulfonamides is 1. The van der Waals surface area contributed by atoms with Crippen LogP contribution in [0.3, 0.4) is 0 Å². The molecular weight excluding hydrogens is 547 g/mol. The number of carbonyl (C=O) groups excluding carboxylic acids is 1. The maximum atomic E-state index is 13.1. The molecule has 1 aliphatic heterocycles. The van der Waals surface area contributed by atoms with Crippen LogP contribution in [-0.4, -0.2) is 75.4 Å². The van der Waals surface area contributed by atoms with Gasteiger partial charge in [-0.2, -0.15) is 22.6 Å². The zero-order valence-corrected chi connectivity index (χ0v) is 20.7. The fourth-order valence-corrected chi connectivity index (χ4v) is 5.65. The third-order valence-corrected chi connectivity index (χ3v) is 8.15. The molecule has 0 saturated carbocycles. The summed E-state index contributed by atoms with van der Waals surface area (Å²) in [5.41, 5.74) is -1.49. The van der Waals surface area contributed by atoms with Gasteiger partial charge in [-0.1, -0.05) is 11.8 Å². The Hall–Kier alpha value is -3.05. The van der Waals surface area contributed by atoms with E-state index in [-0.39, 0.29) is 59.4 Å². The van der Waals surface area contributed by atoms with Gasteiger partial charge < -0.3 is 9.32 Å². The topological polar surface area (TPSA) is 114 Å². The highest BCUT2D eigenvalue weighted by molar-refractivity contribution is 7.99. The van der Waals surface area contributed by atoms with Crippen LogP contribution in [0.15, 0.2) is 45.0 Å². The molecular formula is C20H19F5N6O4S2. The predicted octanol–water partition coefficient (Wildman–Crippen LogP) is 3.05. The van der Waals surface area contributed by atoms with Gasteiger partial charge in [-0.25, -0.2) is 17.2 Å². The fourth-order valence-electron chi connectivity index (χ4n) is 3.57. The van der Waals surface area contributed by atoms with E-state index in [1.54, 1.807) is 0 Å². The fraction of sp³-hybridized carbons (Fsp3) is 0.400. The number of carbonyl (C=O) groups is 1. The number of thioether (sulfide) groups is 1. The minimum atomic E-state index is -4.58. The number of nitrogens with zero attached hydrogens (tertiary/aromatic N) is 6. The summed E-state index contributed by atoms with van der Waals surface area (Å²) in [4.78, 5) is 13.7. The van der Waals surface area contributed by atoms with Crippen molar-refractivity contribution in [2.45, 2.75) is 22.7 Å². The molecule has 0 spiro atoms. The summed E-state index contributed by atoms with van der Waals surface area (Å²) in [7, 11) is -2.56. The molecule has 1 aromatic carbocycles. The lowest BCUT2D eigenvalue weighted by Crippen LogP contribution is -2.50. The summed E-state index contributed by atoms with van der Waals surface area (Å²) in [6.45, 7) is 0.0628. The minimum Gasteiger partial charge on any atom is -0.411 e. The van der Waals surface area contributed by atoms with Crippen LogP contribution in [0.5, 0.6) is 0 Å². The highest BCUT2D eigenvalue weighted by Gasteiger charge is 2.33. The Morgan fingerprint density at radius 3 is 2.35 bits per heavy atom. The molecule has 1 amide bonds. The largest absolute Gasteiger partial charge is 0.416 e. The molecule has 10 nitrogen and oxygen atoms in total. The standard InChI is InChI=1S/C20H19F5N6O4S2/c1-29-10-14(16(28-29)17(21)22)18-26-27-19(35-18)36-11-15(32)30-6-8-31(9-7-30)37(33,34)13-4-2-12(3-5-13)20(23,24)25/h2-5,10,17H,6-9,11H2,1H3. The first kappa shape index (κ1) is 27.0. The monoisotopic (exact) mass is 566 g/mol. The highest BCUT2D eigenvalue weighted by Crippen LogP contribution is 2.32. The Morgan fingerprint density at radius 1 is 1.11 bits per heavy atom. The molecule has 200 valence electrons. The van der Waals surface area contributed by atoms with Crippen molar-refractivity contribution in [3.8, 4) is 11.5 Å². The van der Waals surface area contributed by atoms with Gasteiger partial charge in [-0.3, -0.25) is 9.48 Å². The number of hydrogen-bond donors (Lipinski definition) is 0. The molecule has 0 unspecified atom stereocenters. The zero-order chi connectivity index (χ0) is 27.0. The molecule has 0 N–H and O–H groups in total. The highest BCUT2D eigenvalue weighted by atomic mass is 32.2. The Balaban J connectivity index is 1.32. The molecule has 3 heterocycles. The summed E-state index contributed by atoms with van der Waals surface area (Å²) in [5.74, 6) is -0.631. The lowest BCUT2D eigenvalue weighted by atomic mass is 10.2. The van der Waals surface area contributed by atoms with Gasteiger partial charge in [-0.15, -0.1) is 10.2 Å². The third kappa shape index (κ3) is 5.93. The van der Waals surface area contributed by atoms with E-state index < -0.39 is 33.9 Å². The molecule has 1 saturated heterocycles. The molecule has 17 heteroatoms. The second-order valence-electron chi connectivity index (χ2n) is 7.87. The first-order chi connectivity index (χ1) is 17.4. The van der Waals surface area contributed by atoms with Gasteiger partial charge in [0.15, 0.2) is 0 Å². The number of aryl methyl sites for hydroxylation is 1. The second kappa shape index (κ2) is 10.4. The number of amides is 1. The molecule has 0 bridgehead atoms. The van der Waals surface area contributed by atoms with Gasteiger partial charge in [0.2, 0.25) is 15.9 Å². The van der Waals surface area contributed by atoms with Crippen molar-refractivity contribution < 1.29 is 39.6 Å². The number of aromatic nitrogens is 4. The Kier molecular flexibility index (Phi) is 7.57. The van der Waals surface area contributed by atoms with Gasteiger partial charge in [0.1, 0.15) is 5.69 Å². The Morgan fingerprint density at radius 2 is 1.76 bits per heavy atom. The van der Waals surface area contributed by atoms with Crippen molar-refractivity contribution in [3.63, 3.8) is 0 Å². The predicted molar refractivity (Wildman–Crippen MR) is 119 cm³/mol. The van der Waals surface area contributed by atoms with Crippen LogP contribution >= 0.6 is 11.8 Å². The average Bonchev–Trinajstić information content (AvgIpc) is 3.48. The summed E-state index contributed by atoms with van der Waals surface area (Å²) >= 11 is 0.895. The van der Waals surface area contributed by atoms with E-state index in [9.17, 15) is 35.2 Å². The zero-order valence-electron chi connectivity index (χ0n) is 19.0. The smallest absolute Gasteiger partial charge is 0.411 e. The number of hydrogen-bond acceptors (Lipinski definition) is 8. The first-order valence-electron chi connectivity index (χ1n) is 10.6. The van der Waals surface area contributed by atoms with Crippen LogP contribution in [-0.2, 0) is 28.0 Å². The van der Waals surface area contributed by atoms with Crippen molar-refractivity contribution in [2.24, 2.45) is 7.05 Å². The summed E-state index contributed by atoms with van der Waals surface area (Å²) in [6.07, 6.45) is -6.11. The van der Waals surface area contributed by atoms with Crippen LogP contribution in [0.4, 0.5) is 22.0 Å². The van der Waals surface area contributed by atoms with E-state index in [0.29, 0.717) is 12.1 Å². The van der Waals surface area contributed by atoms with Gasteiger partial charge in [0.25, 0.3) is 17.5 Å². The molecule has 3 aromatic rings. The average molecular weight is 567 g/mol. The molecule has 0 atom stereocenters. The van der Waals surface area contributed by atoms with Gasteiger partial charge >= 0.3 is 6.18 Å². The van der Waals surface area contributed by atoms with E-state index in [1.165, 1.54) is 22.8 Å². The maximum absolute atomic E-state index is 13.1. The normalized spacial score (nSPS) is 15.5. The Labute approximate surface area is 211 Å². The van der Waals surface area contributed by atoms with Gasteiger partial charge in [0, 0.05) is 39.4 Å². The van der Waals surface area contributed by atoms with Gasteiger partial charge in [0.05, 0.1) is 21.8 Å². The van der Waals surface area contributed by atoms with E-state index >= 15 is 0 Å². The van der Waals surface area contributed by atoms with Crippen molar-refractivity contribution in [1.29, 1.82) is 0 Å². The second-order valence-corrected chi connectivity index (χ2v) is 10.7. The molecule has 1 fully saturated rings. The first-order valence-corrected chi connectivity index (χ1v) is 13.0. The summed E-state index contributed by atoms with van der Waals surface area (Å²) < 4.78 is 97.7. The van der Waals surface area contributed by atoms with Gasteiger partial charge in [-0.05, 0) is 24.3 Å². The van der Waals surface area contributed by atoms with E-state index in [0.717, 1.165) is 28.2 Å². The Bertz CT molecular complexity index is 1370. The molecule has 0 aliphatic carbocycles. The van der Waals surface area contributed by atoms with Crippen LogP contribution in [0.1, 0.15) is 17.7 Å². The van der Waals surface area contributed by atoms with Crippen molar-refractivity contribution in [2.75, 3.05) is 31.9 Å². The quantitative estimate of drug-likeness (QED) is 0.317. The maximum Gasteiger partial charge on any atom is 0.416 e. The summed E-state index contributed by atoms with van der Waals surface area (Å²) in [5, 5.41) is 11.1. The number of rotatable bonds is 7. The van der Waals surface area contributed by atoms with Crippen molar-refractivity contribution >= 4 is 27.7 Å². The number of halogens is 5. The molecule has 0 radical (unpaired) electrons. The lowest BCUT2D eigenvalue weighted by molar-refractivity contribution is -0.137. The lowest BCUT2D eigenvalue weighted by Gasteiger charge is -2.34. The SMILES string of the molecule is Cn1cc(-c2nnc(SCC(=O)N3CCN(S(=O)(=O)c4ccc(C(F)(F)F)cc4)CC3)o2)c(C(F)F)n1. The number of piperazine rings is 1. The van der Waals surface area contributed by atoms with Crippen LogP contribution < -0.4 is 0 Å². The third-order valence-electron chi connectivity index (χ3n) is 5.43. The summed E-state index contributed by atoms with van der Waals surface area (Å²) in [6, 6.07) is 3.21. The van der Waals surface area contributed by atoms with Crippen LogP contribution in [0, 0.1) is 0 Å². The van der Waals surface area contributed by atoms with E-state index in [1.807, 2.05) is 0 Å². The van der Waals surface area contributed by atoms with E-state index in [2.05, 4.69) is 15.3 Å². The van der Waals surface area contributed by atoms with Crippen molar-refractivity contribution in [3.05, 3.63) is 41.7 Å². The number of benzene rings is 1. The molecule has 4 rings (SSSR count). The molecule has 2 aromatic heterocycles. The van der Waals surface area contributed by atoms with E-state index in [4.69, 9.17) is 4.42 Å². The van der Waals surface area contributed by atoms with Crippen LogP contribution in [0.2, 0.25) is 0 Å². The van der Waals surface area contributed by atoms with Crippen LogP contribution in [0.25, 0.3) is 11.5 Å². The minimum absolute atomic E-state index is 0.0177. The number of alkyl halides is 5. The van der Waals surface area contributed by atoms with Crippen molar-refractivity contribution in [1.82, 2.24) is 29.2 Å².